The third-order valence-corrected chi connectivity index (χ3v) is 7.81. The smallest absolute Gasteiger partial charge is 0.318 e. The number of rotatable bonds is 5. The number of likely N-dealkylation sites (tertiary alicyclic amines) is 1. The lowest BCUT2D eigenvalue weighted by Crippen LogP contribution is -2.51. The molecule has 0 aliphatic carbocycles. The van der Waals surface area contributed by atoms with E-state index in [4.69, 9.17) is 16.3 Å². The molecule has 2 aromatic carbocycles. The molecule has 0 bridgehead atoms. The number of halogens is 1. The molecule has 3 aliphatic heterocycles. The van der Waals surface area contributed by atoms with Crippen LogP contribution in [0.15, 0.2) is 49.1 Å². The Kier molecular flexibility index (Phi) is 7.63. The number of allylic oxidation sites excluding steroid dienone is 1. The highest BCUT2D eigenvalue weighted by Crippen LogP contribution is 2.37. The van der Waals surface area contributed by atoms with Crippen LogP contribution in [0.25, 0.3) is 10.8 Å². The molecule has 2 fully saturated rings. The number of carbonyl (C=O) groups excluding carboxylic acids is 1. The Morgan fingerprint density at radius 1 is 1.08 bits per heavy atom. The molecule has 0 amide bonds. The first-order chi connectivity index (χ1) is 18.0. The number of fused-ring (bicyclic) bond motifs is 2. The molecule has 194 valence electrons. The molecule has 3 aliphatic rings. The molecule has 37 heavy (non-hydrogen) atoms. The van der Waals surface area contributed by atoms with Crippen LogP contribution < -0.4 is 14.5 Å². The van der Waals surface area contributed by atoms with Gasteiger partial charge in [0.2, 0.25) is 0 Å². The van der Waals surface area contributed by atoms with Crippen LogP contribution in [0.5, 0.6) is 6.01 Å². The molecule has 0 radical (unpaired) electrons. The van der Waals surface area contributed by atoms with E-state index in [2.05, 4.69) is 62.6 Å². The number of anilines is 2. The van der Waals surface area contributed by atoms with Crippen LogP contribution >= 0.6 is 11.6 Å². The maximum Gasteiger partial charge on any atom is 0.318 e. The Hall–Kier alpha value is -3.16. The lowest BCUT2D eigenvalue weighted by molar-refractivity contribution is -0.118. The van der Waals surface area contributed by atoms with Crippen molar-refractivity contribution in [2.24, 2.45) is 5.92 Å². The van der Waals surface area contributed by atoms with Crippen molar-refractivity contribution < 1.29 is 9.53 Å². The molecule has 0 spiro atoms. The van der Waals surface area contributed by atoms with Gasteiger partial charge in [-0.15, -0.1) is 0 Å². The monoisotopic (exact) mass is 519 g/mol. The van der Waals surface area contributed by atoms with Crippen LogP contribution in [0, 0.1) is 5.92 Å². The third-order valence-electron chi connectivity index (χ3n) is 7.49. The van der Waals surface area contributed by atoms with Gasteiger partial charge in [-0.1, -0.05) is 42.4 Å². The topological polar surface area (TPSA) is 61.8 Å². The number of hydrogen-bond donors (Lipinski definition) is 0. The van der Waals surface area contributed by atoms with Crippen molar-refractivity contribution >= 4 is 39.7 Å². The Labute approximate surface area is 223 Å². The number of benzene rings is 2. The second-order valence-electron chi connectivity index (χ2n) is 9.96. The molecule has 0 saturated carbocycles. The van der Waals surface area contributed by atoms with Gasteiger partial charge in [0.25, 0.3) is 0 Å². The largest absolute Gasteiger partial charge is 0.467 e. The standard InChI is InChI=1S/C24H23ClN4O2.C5H11N/c1-3-21(30)16-12-29(13-16)23-17-10-11-28(14-19(17)26-24(27-23)31-2)20-9-5-7-15-6-4-8-18(25)22(15)20;1-6-4-2-3-5-6/h3-9,16H,1,10-14H2,2H3;2-5H2,1H3. The molecule has 3 aromatic rings. The van der Waals surface area contributed by atoms with E-state index in [1.807, 2.05) is 12.1 Å². The van der Waals surface area contributed by atoms with Crippen LogP contribution in [0.4, 0.5) is 11.5 Å². The number of ketones is 1. The molecule has 8 heteroatoms. The van der Waals surface area contributed by atoms with Crippen LogP contribution in [-0.2, 0) is 17.8 Å². The van der Waals surface area contributed by atoms with Gasteiger partial charge in [-0.05, 0) is 63.0 Å². The highest BCUT2D eigenvalue weighted by Gasteiger charge is 2.35. The van der Waals surface area contributed by atoms with E-state index in [-0.39, 0.29) is 11.7 Å². The van der Waals surface area contributed by atoms with Gasteiger partial charge in [-0.3, -0.25) is 4.79 Å². The van der Waals surface area contributed by atoms with Crippen molar-refractivity contribution in [3.8, 4) is 6.01 Å². The molecule has 1 aromatic heterocycles. The number of nitrogens with zero attached hydrogens (tertiary/aromatic N) is 5. The van der Waals surface area contributed by atoms with E-state index in [0.29, 0.717) is 25.6 Å². The molecule has 0 atom stereocenters. The minimum Gasteiger partial charge on any atom is -0.467 e. The summed E-state index contributed by atoms with van der Waals surface area (Å²) in [5.74, 6) is 0.961. The van der Waals surface area contributed by atoms with Gasteiger partial charge >= 0.3 is 6.01 Å². The first kappa shape index (κ1) is 25.5. The van der Waals surface area contributed by atoms with Gasteiger partial charge < -0.3 is 19.4 Å². The lowest BCUT2D eigenvalue weighted by atomic mass is 9.93. The van der Waals surface area contributed by atoms with E-state index in [1.54, 1.807) is 7.11 Å². The van der Waals surface area contributed by atoms with Gasteiger partial charge in [-0.25, -0.2) is 0 Å². The van der Waals surface area contributed by atoms with E-state index < -0.39 is 0 Å². The maximum atomic E-state index is 11.9. The minimum atomic E-state index is -0.00738. The van der Waals surface area contributed by atoms with Gasteiger partial charge in [-0.2, -0.15) is 9.97 Å². The Balaban J connectivity index is 0.000000412. The molecule has 4 heterocycles. The summed E-state index contributed by atoms with van der Waals surface area (Å²) in [5.41, 5.74) is 3.19. The van der Waals surface area contributed by atoms with Gasteiger partial charge in [0, 0.05) is 36.3 Å². The SMILES string of the molecule is C=CC(=O)C1CN(c2nc(OC)nc3c2CCN(c2cccc4cccc(Cl)c24)C3)C1.CN1CCCC1. The van der Waals surface area contributed by atoms with Crippen LogP contribution in [0.2, 0.25) is 5.02 Å². The predicted octanol–water partition coefficient (Wildman–Crippen LogP) is 4.76. The zero-order valence-electron chi connectivity index (χ0n) is 21.6. The van der Waals surface area contributed by atoms with Crippen molar-refractivity contribution in [2.75, 3.05) is 56.7 Å². The maximum absolute atomic E-state index is 11.9. The third kappa shape index (κ3) is 5.29. The van der Waals surface area contributed by atoms with E-state index in [0.717, 1.165) is 51.5 Å². The van der Waals surface area contributed by atoms with Gasteiger partial charge in [0.15, 0.2) is 5.78 Å². The molecule has 7 nitrogen and oxygen atoms in total. The summed E-state index contributed by atoms with van der Waals surface area (Å²) in [7, 11) is 3.75. The number of hydrogen-bond acceptors (Lipinski definition) is 7. The fraction of sp³-hybridized carbons (Fsp3) is 0.414. The lowest BCUT2D eigenvalue weighted by Gasteiger charge is -2.41. The average molecular weight is 520 g/mol. The summed E-state index contributed by atoms with van der Waals surface area (Å²) < 4.78 is 5.39. The Morgan fingerprint density at radius 3 is 2.46 bits per heavy atom. The summed E-state index contributed by atoms with van der Waals surface area (Å²) >= 11 is 6.56. The fourth-order valence-corrected chi connectivity index (χ4v) is 5.64. The molecule has 0 N–H and O–H groups in total. The predicted molar refractivity (Wildman–Crippen MR) is 150 cm³/mol. The highest BCUT2D eigenvalue weighted by molar-refractivity contribution is 6.36. The molecular weight excluding hydrogens is 486 g/mol. The summed E-state index contributed by atoms with van der Waals surface area (Å²) in [6.07, 6.45) is 5.05. The molecule has 2 saturated heterocycles. The second-order valence-corrected chi connectivity index (χ2v) is 10.4. The van der Waals surface area contributed by atoms with E-state index in [1.165, 1.54) is 32.0 Å². The minimum absolute atomic E-state index is 0.00738. The van der Waals surface area contributed by atoms with Crippen molar-refractivity contribution in [1.29, 1.82) is 0 Å². The van der Waals surface area contributed by atoms with Crippen LogP contribution in [0.3, 0.4) is 0 Å². The quantitative estimate of drug-likeness (QED) is 0.450. The molecular formula is C29H34ClN5O2. The van der Waals surface area contributed by atoms with Crippen molar-refractivity contribution in [3.05, 3.63) is 65.3 Å². The zero-order chi connectivity index (χ0) is 25.9. The van der Waals surface area contributed by atoms with Crippen molar-refractivity contribution in [2.45, 2.75) is 25.8 Å². The first-order valence-corrected chi connectivity index (χ1v) is 13.3. The summed E-state index contributed by atoms with van der Waals surface area (Å²) in [6, 6.07) is 12.6. The van der Waals surface area contributed by atoms with Crippen molar-refractivity contribution in [3.63, 3.8) is 0 Å². The molecule has 6 rings (SSSR count). The van der Waals surface area contributed by atoms with Crippen LogP contribution in [0.1, 0.15) is 24.1 Å². The second kappa shape index (κ2) is 11.1. The Morgan fingerprint density at radius 2 is 1.81 bits per heavy atom. The summed E-state index contributed by atoms with van der Waals surface area (Å²) in [6.45, 7) is 9.02. The normalized spacial score (nSPS) is 17.6. The van der Waals surface area contributed by atoms with E-state index in [9.17, 15) is 4.79 Å². The Bertz CT molecular complexity index is 1300. The van der Waals surface area contributed by atoms with E-state index >= 15 is 0 Å². The van der Waals surface area contributed by atoms with Crippen molar-refractivity contribution in [1.82, 2.24) is 14.9 Å². The van der Waals surface area contributed by atoms with Crippen LogP contribution in [-0.4, -0.2) is 67.5 Å². The number of methoxy groups -OCH3 is 1. The first-order valence-electron chi connectivity index (χ1n) is 12.9. The average Bonchev–Trinajstić information content (AvgIpc) is 3.38. The fourth-order valence-electron chi connectivity index (χ4n) is 5.36. The molecule has 0 unspecified atom stereocenters. The van der Waals surface area contributed by atoms with Gasteiger partial charge in [0.1, 0.15) is 5.82 Å². The number of ether oxygens (including phenoxy) is 1. The highest BCUT2D eigenvalue weighted by atomic mass is 35.5. The van der Waals surface area contributed by atoms with Gasteiger partial charge in [0.05, 0.1) is 30.3 Å². The number of aromatic nitrogens is 2. The number of carbonyl (C=O) groups is 1. The summed E-state index contributed by atoms with van der Waals surface area (Å²) in [5, 5.41) is 2.93. The summed E-state index contributed by atoms with van der Waals surface area (Å²) in [4.78, 5) is 28.0. The zero-order valence-corrected chi connectivity index (χ0v) is 22.4.